The first-order valence-electron chi connectivity index (χ1n) is 6.68. The van der Waals surface area contributed by atoms with Gasteiger partial charge in [0.25, 0.3) is 0 Å². The average Bonchev–Trinajstić information content (AvgIpc) is 3.00. The molecule has 1 N–H and O–H groups in total. The van der Waals surface area contributed by atoms with E-state index in [9.17, 15) is 0 Å². The maximum absolute atomic E-state index is 4.58. The van der Waals surface area contributed by atoms with Crippen molar-refractivity contribution in [2.24, 2.45) is 5.92 Å². The number of nitrogens with zero attached hydrogens (tertiary/aromatic N) is 2. The number of imidazole rings is 1. The van der Waals surface area contributed by atoms with Crippen molar-refractivity contribution in [3.63, 3.8) is 0 Å². The van der Waals surface area contributed by atoms with E-state index in [2.05, 4.69) is 46.7 Å². The molecule has 0 saturated carbocycles. The van der Waals surface area contributed by atoms with Crippen LogP contribution in [0.25, 0.3) is 0 Å². The van der Waals surface area contributed by atoms with E-state index in [1.807, 2.05) is 6.33 Å². The van der Waals surface area contributed by atoms with Crippen molar-refractivity contribution in [1.82, 2.24) is 14.9 Å². The molecule has 2 unspecified atom stereocenters. The first-order valence-corrected chi connectivity index (χ1v) is 7.83. The Bertz CT molecular complexity index is 331. The first kappa shape index (κ1) is 13.0. The Hall–Kier alpha value is -0.480. The van der Waals surface area contributed by atoms with Gasteiger partial charge >= 0.3 is 0 Å². The Balaban J connectivity index is 2.07. The summed E-state index contributed by atoms with van der Waals surface area (Å²) in [5, 5.41) is 3.68. The summed E-state index contributed by atoms with van der Waals surface area (Å²) < 4.78 is 2.16. The Kier molecular flexibility index (Phi) is 4.92. The highest BCUT2D eigenvalue weighted by atomic mass is 32.2. The molecule has 0 aromatic carbocycles. The molecule has 2 atom stereocenters. The van der Waals surface area contributed by atoms with E-state index in [0.29, 0.717) is 6.04 Å². The third-order valence-corrected chi connectivity index (χ3v) is 4.58. The number of thioether (sulfide) groups is 1. The molecule has 4 heteroatoms. The fourth-order valence-corrected chi connectivity index (χ4v) is 3.64. The van der Waals surface area contributed by atoms with E-state index < -0.39 is 0 Å². The van der Waals surface area contributed by atoms with Crippen LogP contribution in [0.3, 0.4) is 0 Å². The minimum Gasteiger partial charge on any atom is -0.337 e. The monoisotopic (exact) mass is 253 g/mol. The molecule has 1 aromatic heterocycles. The summed E-state index contributed by atoms with van der Waals surface area (Å²) in [5.41, 5.74) is 1.23. The zero-order chi connectivity index (χ0) is 12.1. The molecule has 0 amide bonds. The highest BCUT2D eigenvalue weighted by Crippen LogP contribution is 2.33. The summed E-state index contributed by atoms with van der Waals surface area (Å²) in [6, 6.07) is 0.456. The lowest BCUT2D eigenvalue weighted by molar-refractivity contribution is 0.387. The molecule has 0 aliphatic carbocycles. The molecular formula is C13H23N3S. The van der Waals surface area contributed by atoms with Gasteiger partial charge in [-0.2, -0.15) is 11.8 Å². The minimum atomic E-state index is 0.456. The van der Waals surface area contributed by atoms with Gasteiger partial charge < -0.3 is 9.88 Å². The van der Waals surface area contributed by atoms with Gasteiger partial charge in [0.05, 0.1) is 18.1 Å². The predicted octanol–water partition coefficient (Wildman–Crippen LogP) is 2.70. The number of hydrogen-bond donors (Lipinski definition) is 1. The van der Waals surface area contributed by atoms with Crippen molar-refractivity contribution in [2.45, 2.75) is 39.3 Å². The molecule has 2 heterocycles. The zero-order valence-corrected chi connectivity index (χ0v) is 11.7. The second-order valence-corrected chi connectivity index (χ2v) is 5.83. The Labute approximate surface area is 108 Å². The summed E-state index contributed by atoms with van der Waals surface area (Å²) >= 11 is 2.08. The van der Waals surface area contributed by atoms with Crippen LogP contribution in [0.2, 0.25) is 0 Å². The molecule has 3 nitrogen and oxygen atoms in total. The quantitative estimate of drug-likeness (QED) is 0.845. The van der Waals surface area contributed by atoms with E-state index >= 15 is 0 Å². The standard InChI is InChI=1S/C13H23N3S/c1-3-6-14-13(11-5-7-17-9-11)12-8-16(4-2)10-15-12/h8,10-11,13-14H,3-7,9H2,1-2H3. The normalized spacial score (nSPS) is 21.9. The van der Waals surface area contributed by atoms with Gasteiger partial charge in [-0.1, -0.05) is 6.92 Å². The van der Waals surface area contributed by atoms with Crippen LogP contribution in [0.15, 0.2) is 12.5 Å². The van der Waals surface area contributed by atoms with Crippen LogP contribution in [-0.2, 0) is 6.54 Å². The first-order chi connectivity index (χ1) is 8.35. The van der Waals surface area contributed by atoms with Crippen LogP contribution >= 0.6 is 11.8 Å². The van der Waals surface area contributed by atoms with Crippen LogP contribution in [-0.4, -0.2) is 27.6 Å². The van der Waals surface area contributed by atoms with Gasteiger partial charge in [-0.25, -0.2) is 4.98 Å². The predicted molar refractivity (Wildman–Crippen MR) is 74.4 cm³/mol. The highest BCUT2D eigenvalue weighted by Gasteiger charge is 2.27. The topological polar surface area (TPSA) is 29.9 Å². The molecule has 0 radical (unpaired) electrons. The van der Waals surface area contributed by atoms with Crippen molar-refractivity contribution in [1.29, 1.82) is 0 Å². The summed E-state index contributed by atoms with van der Waals surface area (Å²) in [6.45, 7) is 6.47. The second-order valence-electron chi connectivity index (χ2n) is 4.68. The third kappa shape index (κ3) is 3.26. The van der Waals surface area contributed by atoms with E-state index in [1.54, 1.807) is 0 Å². The molecule has 1 saturated heterocycles. The molecule has 1 fully saturated rings. The van der Waals surface area contributed by atoms with Gasteiger partial charge in [-0.15, -0.1) is 0 Å². The molecule has 0 spiro atoms. The van der Waals surface area contributed by atoms with E-state index in [0.717, 1.165) is 19.0 Å². The molecule has 0 bridgehead atoms. The number of nitrogens with one attached hydrogen (secondary N) is 1. The van der Waals surface area contributed by atoms with Crippen molar-refractivity contribution in [3.05, 3.63) is 18.2 Å². The van der Waals surface area contributed by atoms with Crippen LogP contribution < -0.4 is 5.32 Å². The summed E-state index contributed by atoms with van der Waals surface area (Å²) in [7, 11) is 0. The molecule has 17 heavy (non-hydrogen) atoms. The lowest BCUT2D eigenvalue weighted by Crippen LogP contribution is -2.29. The van der Waals surface area contributed by atoms with Crippen LogP contribution in [0.4, 0.5) is 0 Å². The average molecular weight is 253 g/mol. The highest BCUT2D eigenvalue weighted by molar-refractivity contribution is 7.99. The van der Waals surface area contributed by atoms with Gasteiger partial charge in [0.2, 0.25) is 0 Å². The summed E-state index contributed by atoms with van der Waals surface area (Å²) in [6.07, 6.45) is 6.67. The summed E-state index contributed by atoms with van der Waals surface area (Å²) in [4.78, 5) is 4.58. The van der Waals surface area contributed by atoms with Gasteiger partial charge in [0.15, 0.2) is 0 Å². The Morgan fingerprint density at radius 2 is 2.47 bits per heavy atom. The van der Waals surface area contributed by atoms with Crippen LogP contribution in [0, 0.1) is 5.92 Å². The fraction of sp³-hybridized carbons (Fsp3) is 0.769. The molecular weight excluding hydrogens is 230 g/mol. The maximum atomic E-state index is 4.58. The number of hydrogen-bond acceptors (Lipinski definition) is 3. The van der Waals surface area contributed by atoms with Crippen molar-refractivity contribution < 1.29 is 0 Å². The smallest absolute Gasteiger partial charge is 0.0950 e. The van der Waals surface area contributed by atoms with Gasteiger partial charge in [0, 0.05) is 12.7 Å². The SMILES string of the molecule is CCCNC(c1cn(CC)cn1)C1CCSC1. The lowest BCUT2D eigenvalue weighted by atomic mass is 9.96. The minimum absolute atomic E-state index is 0.456. The molecule has 96 valence electrons. The number of aryl methyl sites for hydroxylation is 1. The lowest BCUT2D eigenvalue weighted by Gasteiger charge is -2.22. The Morgan fingerprint density at radius 3 is 3.06 bits per heavy atom. The second kappa shape index (κ2) is 6.45. The van der Waals surface area contributed by atoms with E-state index in [-0.39, 0.29) is 0 Å². The molecule has 2 rings (SSSR count). The van der Waals surface area contributed by atoms with Gasteiger partial charge in [0.1, 0.15) is 0 Å². The van der Waals surface area contributed by atoms with Crippen molar-refractivity contribution in [2.75, 3.05) is 18.1 Å². The van der Waals surface area contributed by atoms with Gasteiger partial charge in [-0.3, -0.25) is 0 Å². The third-order valence-electron chi connectivity index (χ3n) is 3.39. The molecule has 1 aliphatic heterocycles. The molecule has 1 aromatic rings. The van der Waals surface area contributed by atoms with Crippen LogP contribution in [0.1, 0.15) is 38.4 Å². The van der Waals surface area contributed by atoms with Gasteiger partial charge in [-0.05, 0) is 43.7 Å². The van der Waals surface area contributed by atoms with Crippen molar-refractivity contribution in [3.8, 4) is 0 Å². The maximum Gasteiger partial charge on any atom is 0.0950 e. The van der Waals surface area contributed by atoms with Crippen molar-refractivity contribution >= 4 is 11.8 Å². The van der Waals surface area contributed by atoms with Crippen LogP contribution in [0.5, 0.6) is 0 Å². The number of rotatable bonds is 6. The fourth-order valence-electron chi connectivity index (χ4n) is 2.34. The number of aromatic nitrogens is 2. The van der Waals surface area contributed by atoms with E-state index in [4.69, 9.17) is 0 Å². The summed E-state index contributed by atoms with van der Waals surface area (Å²) in [5.74, 6) is 3.34. The Morgan fingerprint density at radius 1 is 1.59 bits per heavy atom. The molecule has 1 aliphatic rings. The largest absolute Gasteiger partial charge is 0.337 e. The zero-order valence-electron chi connectivity index (χ0n) is 10.9. The van der Waals surface area contributed by atoms with E-state index in [1.165, 1.54) is 30.0 Å².